The molecule has 4 rings (SSSR count). The summed E-state index contributed by atoms with van der Waals surface area (Å²) in [6, 6.07) is 18.8. The molecule has 0 nitrogen and oxygen atoms in total. The maximum Gasteiger partial charge on any atom is 0.419 e. The molecule has 5 heteroatoms. The van der Waals surface area contributed by atoms with Gasteiger partial charge in [0.1, 0.15) is 11.6 Å². The van der Waals surface area contributed by atoms with Crippen LogP contribution < -0.4 is 0 Å². The summed E-state index contributed by atoms with van der Waals surface area (Å²) in [5.41, 5.74) is 1.59. The fourth-order valence-corrected chi connectivity index (χ4v) is 4.34. The van der Waals surface area contributed by atoms with Crippen LogP contribution in [-0.2, 0) is 12.6 Å². The summed E-state index contributed by atoms with van der Waals surface area (Å²) >= 11 is 0. The lowest BCUT2D eigenvalue weighted by Gasteiger charge is -2.11. The van der Waals surface area contributed by atoms with Crippen molar-refractivity contribution in [3.63, 3.8) is 0 Å². The van der Waals surface area contributed by atoms with E-state index < -0.39 is 23.4 Å². The number of rotatable bonds is 7. The van der Waals surface area contributed by atoms with Crippen LogP contribution in [0.15, 0.2) is 72.8 Å². The number of aryl methyl sites for hydroxylation is 1. The van der Waals surface area contributed by atoms with Gasteiger partial charge < -0.3 is 0 Å². The van der Waals surface area contributed by atoms with Crippen molar-refractivity contribution in [1.29, 1.82) is 0 Å². The molecule has 0 heterocycles. The standard InChI is InChI=1S/C32H27F5/c1-2-3-4-5-6-7-22-8-10-23(11-9-22)12-13-24-14-17-27-25(20-24)15-18-28(31(27)34)26-16-19-29(30(33)21-26)32(35,36)37/h8-11,14-21H,2-7H2,1H3. The molecule has 0 saturated carbocycles. The number of hydrogen-bond acceptors (Lipinski definition) is 0. The molecule has 0 saturated heterocycles. The van der Waals surface area contributed by atoms with Crippen molar-refractivity contribution in [2.75, 3.05) is 0 Å². The van der Waals surface area contributed by atoms with E-state index >= 15 is 4.39 Å². The summed E-state index contributed by atoms with van der Waals surface area (Å²) in [5, 5.41) is 0.880. The molecule has 0 unspecified atom stereocenters. The summed E-state index contributed by atoms with van der Waals surface area (Å²) in [6.45, 7) is 2.21. The zero-order chi connectivity index (χ0) is 26.4. The first-order chi connectivity index (χ1) is 17.8. The van der Waals surface area contributed by atoms with Crippen LogP contribution in [0.4, 0.5) is 22.0 Å². The minimum Gasteiger partial charge on any atom is -0.206 e. The lowest BCUT2D eigenvalue weighted by Crippen LogP contribution is -2.07. The van der Waals surface area contributed by atoms with Crippen LogP contribution in [-0.4, -0.2) is 0 Å². The zero-order valence-corrected chi connectivity index (χ0v) is 20.6. The largest absolute Gasteiger partial charge is 0.419 e. The molecule has 0 aromatic heterocycles. The van der Waals surface area contributed by atoms with Crippen molar-refractivity contribution in [2.24, 2.45) is 0 Å². The molecule has 0 amide bonds. The first kappa shape index (κ1) is 26.4. The molecule has 0 atom stereocenters. The predicted molar refractivity (Wildman–Crippen MR) is 139 cm³/mol. The number of halogens is 5. The second-order valence-electron chi connectivity index (χ2n) is 9.17. The summed E-state index contributed by atoms with van der Waals surface area (Å²) in [6.07, 6.45) is 2.51. The summed E-state index contributed by atoms with van der Waals surface area (Å²) in [7, 11) is 0. The lowest BCUT2D eigenvalue weighted by molar-refractivity contribution is -0.139. The van der Waals surface area contributed by atoms with Crippen LogP contribution in [0, 0.1) is 23.5 Å². The van der Waals surface area contributed by atoms with Gasteiger partial charge >= 0.3 is 6.18 Å². The van der Waals surface area contributed by atoms with E-state index in [2.05, 4.69) is 30.9 Å². The topological polar surface area (TPSA) is 0 Å². The highest BCUT2D eigenvalue weighted by Gasteiger charge is 2.34. The molecule has 0 bridgehead atoms. The number of unbranched alkanes of at least 4 members (excludes halogenated alkanes) is 4. The molecule has 4 aromatic rings. The van der Waals surface area contributed by atoms with Crippen LogP contribution in [0.3, 0.4) is 0 Å². The highest BCUT2D eigenvalue weighted by atomic mass is 19.4. The van der Waals surface area contributed by atoms with Crippen LogP contribution in [0.2, 0.25) is 0 Å². The third-order valence-electron chi connectivity index (χ3n) is 6.41. The van der Waals surface area contributed by atoms with Crippen molar-refractivity contribution in [2.45, 2.75) is 51.6 Å². The fourth-order valence-electron chi connectivity index (χ4n) is 4.34. The molecule has 0 aliphatic carbocycles. The third kappa shape index (κ3) is 6.57. The van der Waals surface area contributed by atoms with E-state index in [0.29, 0.717) is 23.1 Å². The van der Waals surface area contributed by atoms with Crippen molar-refractivity contribution in [3.05, 3.63) is 107 Å². The summed E-state index contributed by atoms with van der Waals surface area (Å²) in [5.74, 6) is 4.18. The first-order valence-corrected chi connectivity index (χ1v) is 12.5. The van der Waals surface area contributed by atoms with Gasteiger partial charge in [0.15, 0.2) is 0 Å². The van der Waals surface area contributed by atoms with Crippen LogP contribution >= 0.6 is 0 Å². The summed E-state index contributed by atoms with van der Waals surface area (Å²) in [4.78, 5) is 0. The van der Waals surface area contributed by atoms with E-state index in [9.17, 15) is 17.6 Å². The fraction of sp³-hybridized carbons (Fsp3) is 0.250. The maximum atomic E-state index is 15.2. The van der Waals surface area contributed by atoms with Crippen molar-refractivity contribution in [3.8, 4) is 23.0 Å². The Bertz CT molecular complexity index is 1440. The van der Waals surface area contributed by atoms with Gasteiger partial charge in [-0.3, -0.25) is 0 Å². The smallest absolute Gasteiger partial charge is 0.206 e. The third-order valence-corrected chi connectivity index (χ3v) is 6.41. The number of fused-ring (bicyclic) bond motifs is 1. The van der Waals surface area contributed by atoms with Crippen LogP contribution in [0.1, 0.15) is 61.3 Å². The Morgan fingerprint density at radius 3 is 2.11 bits per heavy atom. The van der Waals surface area contributed by atoms with Crippen molar-refractivity contribution in [1.82, 2.24) is 0 Å². The van der Waals surface area contributed by atoms with Crippen molar-refractivity contribution >= 4 is 10.8 Å². The minimum absolute atomic E-state index is 0.0319. The predicted octanol–water partition coefficient (Wildman–Crippen LogP) is 9.72. The van der Waals surface area contributed by atoms with E-state index in [0.717, 1.165) is 18.1 Å². The highest BCUT2D eigenvalue weighted by Crippen LogP contribution is 2.35. The Balaban J connectivity index is 1.50. The molecule has 4 aromatic carbocycles. The van der Waals surface area contributed by atoms with E-state index in [-0.39, 0.29) is 16.5 Å². The van der Waals surface area contributed by atoms with E-state index in [1.807, 2.05) is 12.1 Å². The number of hydrogen-bond donors (Lipinski definition) is 0. The molecular formula is C32H27F5. The Kier molecular flexibility index (Phi) is 8.28. The Morgan fingerprint density at radius 1 is 0.703 bits per heavy atom. The normalized spacial score (nSPS) is 11.4. The van der Waals surface area contributed by atoms with E-state index in [4.69, 9.17) is 0 Å². The highest BCUT2D eigenvalue weighted by molar-refractivity contribution is 5.89. The zero-order valence-electron chi connectivity index (χ0n) is 20.6. The average molecular weight is 507 g/mol. The van der Waals surface area contributed by atoms with Gasteiger partial charge in [-0.1, -0.05) is 80.8 Å². The van der Waals surface area contributed by atoms with Crippen LogP contribution in [0.25, 0.3) is 21.9 Å². The maximum absolute atomic E-state index is 15.2. The Labute approximate surface area is 214 Å². The number of alkyl halides is 3. The second-order valence-corrected chi connectivity index (χ2v) is 9.17. The van der Waals surface area contributed by atoms with Gasteiger partial charge in [-0.2, -0.15) is 13.2 Å². The Morgan fingerprint density at radius 2 is 1.41 bits per heavy atom. The molecule has 0 N–H and O–H groups in total. The second kappa shape index (κ2) is 11.6. The van der Waals surface area contributed by atoms with Gasteiger partial charge in [-0.05, 0) is 65.8 Å². The Hall–Kier alpha value is -3.65. The van der Waals surface area contributed by atoms with Crippen LogP contribution in [0.5, 0.6) is 0 Å². The molecular weight excluding hydrogens is 479 g/mol. The summed E-state index contributed by atoms with van der Waals surface area (Å²) < 4.78 is 67.8. The molecule has 37 heavy (non-hydrogen) atoms. The average Bonchev–Trinajstić information content (AvgIpc) is 2.87. The molecule has 0 spiro atoms. The quantitative estimate of drug-likeness (QED) is 0.133. The number of benzene rings is 4. The van der Waals surface area contributed by atoms with Gasteiger partial charge in [0.05, 0.1) is 5.56 Å². The molecule has 0 aliphatic heterocycles. The van der Waals surface area contributed by atoms with E-state index in [1.165, 1.54) is 43.7 Å². The van der Waals surface area contributed by atoms with Crippen molar-refractivity contribution < 1.29 is 22.0 Å². The molecule has 190 valence electrons. The van der Waals surface area contributed by atoms with E-state index in [1.54, 1.807) is 24.3 Å². The molecule has 0 aliphatic rings. The van der Waals surface area contributed by atoms with Gasteiger partial charge in [0.25, 0.3) is 0 Å². The molecule has 0 fully saturated rings. The lowest BCUT2D eigenvalue weighted by atomic mass is 9.98. The first-order valence-electron chi connectivity index (χ1n) is 12.5. The van der Waals surface area contributed by atoms with Gasteiger partial charge in [0.2, 0.25) is 0 Å². The van der Waals surface area contributed by atoms with Gasteiger partial charge in [-0.15, -0.1) is 0 Å². The monoisotopic (exact) mass is 506 g/mol. The minimum atomic E-state index is -4.81. The van der Waals surface area contributed by atoms with Gasteiger partial charge in [-0.25, -0.2) is 8.78 Å². The SMILES string of the molecule is CCCCCCCc1ccc(C#Cc2ccc3c(F)c(-c4ccc(C(F)(F)F)c(F)c4)ccc3c2)cc1. The van der Waals surface area contributed by atoms with Gasteiger partial charge in [0, 0.05) is 22.1 Å². The molecule has 0 radical (unpaired) electrons.